The predicted octanol–water partition coefficient (Wildman–Crippen LogP) is 5.84. The van der Waals surface area contributed by atoms with Crippen molar-refractivity contribution in [1.82, 2.24) is 5.32 Å². The van der Waals surface area contributed by atoms with E-state index < -0.39 is 6.10 Å². The topological polar surface area (TPSA) is 45.4 Å². The summed E-state index contributed by atoms with van der Waals surface area (Å²) in [6.07, 6.45) is 7.81. The third kappa shape index (κ3) is 3.23. The van der Waals surface area contributed by atoms with Crippen LogP contribution in [0.4, 0.5) is 0 Å². The molecule has 5 atom stereocenters. The number of aliphatic hydroxyl groups is 1. The Hall–Kier alpha value is -1.58. The van der Waals surface area contributed by atoms with Crippen molar-refractivity contribution in [2.45, 2.75) is 77.5 Å². The molecule has 6 rings (SSSR count). The van der Waals surface area contributed by atoms with Gasteiger partial charge in [0.2, 0.25) is 0 Å². The molecule has 3 heteroatoms. The van der Waals surface area contributed by atoms with E-state index in [-0.39, 0.29) is 0 Å². The Morgan fingerprint density at radius 1 is 1.00 bits per heavy atom. The fraction of sp³-hybridized carbons (Fsp3) is 0.600. The summed E-state index contributed by atoms with van der Waals surface area (Å²) in [7, 11) is 0. The van der Waals surface area contributed by atoms with E-state index in [4.69, 9.17) is 4.42 Å². The van der Waals surface area contributed by atoms with Crippen LogP contribution in [-0.4, -0.2) is 10.6 Å². The maximum Gasteiger partial charge on any atom is 0.134 e. The number of nitrogens with one attached hydrogen (secondary N) is 1. The Bertz CT molecular complexity index is 847. The third-order valence-electron chi connectivity index (χ3n) is 7.60. The van der Waals surface area contributed by atoms with Crippen molar-refractivity contribution < 1.29 is 9.52 Å². The minimum absolute atomic E-state index is 0.300. The molecule has 0 aliphatic heterocycles. The van der Waals surface area contributed by atoms with Crippen molar-refractivity contribution in [3.05, 3.63) is 47.7 Å². The number of benzene rings is 1. The minimum atomic E-state index is -0.436. The lowest BCUT2D eigenvalue weighted by atomic mass is 9.43. The van der Waals surface area contributed by atoms with Crippen molar-refractivity contribution in [3.8, 4) is 11.3 Å². The normalized spacial score (nSPS) is 37.4. The van der Waals surface area contributed by atoms with E-state index in [0.717, 1.165) is 35.1 Å². The van der Waals surface area contributed by atoms with Crippen LogP contribution in [0.15, 0.2) is 40.8 Å². The maximum atomic E-state index is 9.68. The number of aliphatic hydroxyl groups excluding tert-OH is 1. The van der Waals surface area contributed by atoms with Crippen molar-refractivity contribution in [2.24, 2.45) is 16.7 Å². The summed E-state index contributed by atoms with van der Waals surface area (Å²) in [6, 6.07) is 12.2. The average molecular weight is 380 g/mol. The monoisotopic (exact) mass is 379 g/mol. The molecule has 0 radical (unpaired) electrons. The highest BCUT2D eigenvalue weighted by Gasteiger charge is 2.59. The smallest absolute Gasteiger partial charge is 0.134 e. The first-order chi connectivity index (χ1) is 13.3. The number of hydrogen-bond acceptors (Lipinski definition) is 3. The highest BCUT2D eigenvalue weighted by atomic mass is 16.3. The first-order valence-electron chi connectivity index (χ1n) is 10.9. The van der Waals surface area contributed by atoms with E-state index in [1.165, 1.54) is 38.5 Å². The average Bonchev–Trinajstić information content (AvgIpc) is 3.06. The second-order valence-corrected chi connectivity index (χ2v) is 10.8. The predicted molar refractivity (Wildman–Crippen MR) is 112 cm³/mol. The van der Waals surface area contributed by atoms with E-state index in [1.54, 1.807) is 6.92 Å². The molecule has 4 fully saturated rings. The van der Waals surface area contributed by atoms with Crippen LogP contribution in [0.25, 0.3) is 11.3 Å². The zero-order valence-electron chi connectivity index (χ0n) is 17.4. The van der Waals surface area contributed by atoms with Gasteiger partial charge in [0.15, 0.2) is 0 Å². The molecule has 1 aromatic carbocycles. The molecule has 2 aromatic rings. The van der Waals surface area contributed by atoms with Crippen molar-refractivity contribution in [2.75, 3.05) is 0 Å². The van der Waals surface area contributed by atoms with Crippen LogP contribution in [0.1, 0.15) is 76.7 Å². The van der Waals surface area contributed by atoms with Gasteiger partial charge in [0, 0.05) is 11.1 Å². The van der Waals surface area contributed by atoms with Gasteiger partial charge in [-0.1, -0.05) is 38.1 Å². The molecule has 28 heavy (non-hydrogen) atoms. The third-order valence-corrected chi connectivity index (χ3v) is 7.60. The lowest BCUT2D eigenvalue weighted by Crippen LogP contribution is -2.63. The Labute approximate surface area is 168 Å². The molecule has 1 aromatic heterocycles. The SMILES string of the molecule is C[C@@H](O)c1ccc(-c2ccc(CNC34CC5C[C@@](C)(C3)C[C@](C)(C5)C4)o2)cc1. The van der Waals surface area contributed by atoms with E-state index in [2.05, 4.69) is 31.3 Å². The molecule has 1 heterocycles. The van der Waals surface area contributed by atoms with Gasteiger partial charge in [0.05, 0.1) is 12.6 Å². The van der Waals surface area contributed by atoms with Gasteiger partial charge in [-0.2, -0.15) is 0 Å². The summed E-state index contributed by atoms with van der Waals surface area (Å²) in [5.41, 5.74) is 3.35. The zero-order chi connectivity index (χ0) is 19.6. The molecule has 0 amide bonds. The van der Waals surface area contributed by atoms with Crippen LogP contribution < -0.4 is 5.32 Å². The Balaban J connectivity index is 1.29. The molecule has 2 unspecified atom stereocenters. The van der Waals surface area contributed by atoms with Crippen molar-refractivity contribution in [1.29, 1.82) is 0 Å². The van der Waals surface area contributed by atoms with Gasteiger partial charge in [-0.25, -0.2) is 0 Å². The van der Waals surface area contributed by atoms with Crippen molar-refractivity contribution in [3.63, 3.8) is 0 Å². The minimum Gasteiger partial charge on any atom is -0.460 e. The first-order valence-corrected chi connectivity index (χ1v) is 10.9. The van der Waals surface area contributed by atoms with Gasteiger partial charge in [0.1, 0.15) is 11.5 Å². The summed E-state index contributed by atoms with van der Waals surface area (Å²) in [6.45, 7) is 7.64. The van der Waals surface area contributed by atoms with Gasteiger partial charge in [0.25, 0.3) is 0 Å². The van der Waals surface area contributed by atoms with Crippen LogP contribution in [0.2, 0.25) is 0 Å². The second kappa shape index (κ2) is 6.21. The molecule has 2 N–H and O–H groups in total. The summed E-state index contributed by atoms with van der Waals surface area (Å²) < 4.78 is 6.16. The molecule has 4 aliphatic carbocycles. The molecule has 4 saturated carbocycles. The Morgan fingerprint density at radius 3 is 2.29 bits per heavy atom. The van der Waals surface area contributed by atoms with Gasteiger partial charge >= 0.3 is 0 Å². The summed E-state index contributed by atoms with van der Waals surface area (Å²) in [4.78, 5) is 0. The van der Waals surface area contributed by atoms with E-state index in [9.17, 15) is 5.11 Å². The van der Waals surface area contributed by atoms with Crippen LogP contribution >= 0.6 is 0 Å². The Morgan fingerprint density at radius 2 is 1.68 bits per heavy atom. The highest BCUT2D eigenvalue weighted by Crippen LogP contribution is 2.66. The largest absolute Gasteiger partial charge is 0.460 e. The van der Waals surface area contributed by atoms with Crippen molar-refractivity contribution >= 4 is 0 Å². The number of furan rings is 1. The van der Waals surface area contributed by atoms with Crippen LogP contribution in [0.5, 0.6) is 0 Å². The number of rotatable bonds is 5. The van der Waals surface area contributed by atoms with Crippen LogP contribution in [0, 0.1) is 16.7 Å². The second-order valence-electron chi connectivity index (χ2n) is 10.8. The molecule has 4 bridgehead atoms. The Kier molecular flexibility index (Phi) is 4.09. The fourth-order valence-electron chi connectivity index (χ4n) is 7.47. The van der Waals surface area contributed by atoms with Gasteiger partial charge in [-0.3, -0.25) is 0 Å². The number of hydrogen-bond donors (Lipinski definition) is 2. The van der Waals surface area contributed by atoms with Crippen LogP contribution in [0.3, 0.4) is 0 Å². The van der Waals surface area contributed by atoms with E-state index in [0.29, 0.717) is 16.4 Å². The summed E-state index contributed by atoms with van der Waals surface area (Å²) in [5.74, 6) is 2.82. The maximum absolute atomic E-state index is 9.68. The van der Waals surface area contributed by atoms with E-state index in [1.807, 2.05) is 24.3 Å². The zero-order valence-corrected chi connectivity index (χ0v) is 17.4. The lowest BCUT2D eigenvalue weighted by Gasteiger charge is -2.65. The molecule has 3 nitrogen and oxygen atoms in total. The molecular weight excluding hydrogens is 346 g/mol. The fourth-order valence-corrected chi connectivity index (χ4v) is 7.47. The molecular formula is C25H33NO2. The molecule has 4 aliphatic rings. The molecule has 0 saturated heterocycles. The van der Waals surface area contributed by atoms with E-state index >= 15 is 0 Å². The first kappa shape index (κ1) is 18.4. The van der Waals surface area contributed by atoms with Gasteiger partial charge < -0.3 is 14.8 Å². The highest BCUT2D eigenvalue weighted by molar-refractivity contribution is 5.58. The van der Waals surface area contributed by atoms with Gasteiger partial charge in [-0.15, -0.1) is 0 Å². The molecule has 150 valence electrons. The molecule has 0 spiro atoms. The summed E-state index contributed by atoms with van der Waals surface area (Å²) >= 11 is 0. The van der Waals surface area contributed by atoms with Crippen LogP contribution in [-0.2, 0) is 6.54 Å². The van der Waals surface area contributed by atoms with Gasteiger partial charge in [-0.05, 0) is 79.9 Å². The quantitative estimate of drug-likeness (QED) is 0.686. The standard InChI is InChI=1S/C25H33NO2/c1-17(27)19-4-6-20(7-5-19)22-9-8-21(28-22)13-26-25-12-18-10-23(2,15-25)14-24(3,11-18)16-25/h4-9,17-18,26-27H,10-16H2,1-3H3/t17-,18?,23-,24+,25?/m1/s1. The lowest BCUT2D eigenvalue weighted by molar-refractivity contribution is -0.118. The summed E-state index contributed by atoms with van der Waals surface area (Å²) in [5, 5.41) is 13.6.